The van der Waals surface area contributed by atoms with Gasteiger partial charge in [-0.3, -0.25) is 0 Å². The van der Waals surface area contributed by atoms with E-state index in [0.717, 1.165) is 38.8 Å². The van der Waals surface area contributed by atoms with E-state index in [-0.39, 0.29) is 0 Å². The number of hydrogen-bond acceptors (Lipinski definition) is 4. The molecule has 5 nitrogen and oxygen atoms in total. The Morgan fingerprint density at radius 1 is 0.724 bits per heavy atom. The number of pyridine rings is 1. The van der Waals surface area contributed by atoms with Gasteiger partial charge < -0.3 is 9.47 Å². The summed E-state index contributed by atoms with van der Waals surface area (Å²) >= 11 is 0. The summed E-state index contributed by atoms with van der Waals surface area (Å²) < 4.78 is 13.0. The second-order valence-corrected chi connectivity index (χ2v) is 6.71. The Bertz CT molecular complexity index is 1310. The van der Waals surface area contributed by atoms with E-state index in [1.807, 2.05) is 71.5 Å². The minimum Gasteiger partial charge on any atom is -0.493 e. The Kier molecular flexibility index (Phi) is 4.13. The third-order valence-corrected chi connectivity index (χ3v) is 5.08. The molecule has 5 aromatic rings. The van der Waals surface area contributed by atoms with Crippen LogP contribution < -0.4 is 9.47 Å². The quantitative estimate of drug-likeness (QED) is 0.426. The molecule has 0 saturated carbocycles. The summed E-state index contributed by atoms with van der Waals surface area (Å²) in [6, 6.07) is 24.2. The van der Waals surface area contributed by atoms with E-state index in [1.165, 1.54) is 0 Å². The third kappa shape index (κ3) is 2.79. The summed E-state index contributed by atoms with van der Waals surface area (Å²) in [5.41, 5.74) is 3.68. The molecule has 5 heteroatoms. The second kappa shape index (κ2) is 6.95. The molecule has 2 heterocycles. The van der Waals surface area contributed by atoms with Gasteiger partial charge in [0.1, 0.15) is 0 Å². The van der Waals surface area contributed by atoms with E-state index in [0.29, 0.717) is 11.5 Å². The van der Waals surface area contributed by atoms with Gasteiger partial charge in [-0.25, -0.2) is 9.67 Å². The van der Waals surface area contributed by atoms with E-state index in [1.54, 1.807) is 14.2 Å². The van der Waals surface area contributed by atoms with Crippen LogP contribution in [0.3, 0.4) is 0 Å². The average Bonchev–Trinajstić information content (AvgIpc) is 3.23. The molecular formula is C24H19N3O2. The molecule has 0 aliphatic heterocycles. The predicted molar refractivity (Wildman–Crippen MR) is 115 cm³/mol. The molecule has 0 aliphatic carbocycles. The van der Waals surface area contributed by atoms with Crippen LogP contribution in [0.25, 0.3) is 38.8 Å². The average molecular weight is 381 g/mol. The SMILES string of the molecule is COc1cc2c(-c3ccccc3)nc3c(cnn3-c3ccccc3)c2cc1OC. The van der Waals surface area contributed by atoms with Crippen LogP contribution in [0.1, 0.15) is 0 Å². The second-order valence-electron chi connectivity index (χ2n) is 6.71. The van der Waals surface area contributed by atoms with Crippen LogP contribution in [0.2, 0.25) is 0 Å². The Hall–Kier alpha value is -3.86. The fraction of sp³-hybridized carbons (Fsp3) is 0.0833. The van der Waals surface area contributed by atoms with Crippen molar-refractivity contribution in [1.82, 2.24) is 14.8 Å². The van der Waals surface area contributed by atoms with Gasteiger partial charge in [-0.05, 0) is 24.3 Å². The number of hydrogen-bond donors (Lipinski definition) is 0. The van der Waals surface area contributed by atoms with E-state index in [9.17, 15) is 0 Å². The minimum atomic E-state index is 0.675. The van der Waals surface area contributed by atoms with Gasteiger partial charge in [0.15, 0.2) is 17.1 Å². The predicted octanol–water partition coefficient (Wildman–Crippen LogP) is 5.26. The molecule has 0 spiro atoms. The fourth-order valence-corrected chi connectivity index (χ4v) is 3.68. The minimum absolute atomic E-state index is 0.675. The molecule has 5 rings (SSSR count). The molecule has 0 saturated heterocycles. The van der Waals surface area contributed by atoms with Crippen molar-refractivity contribution in [3.05, 3.63) is 79.0 Å². The van der Waals surface area contributed by atoms with Crippen molar-refractivity contribution < 1.29 is 9.47 Å². The summed E-state index contributed by atoms with van der Waals surface area (Å²) in [6.07, 6.45) is 1.86. The van der Waals surface area contributed by atoms with E-state index >= 15 is 0 Å². The van der Waals surface area contributed by atoms with Crippen LogP contribution in [0.4, 0.5) is 0 Å². The smallest absolute Gasteiger partial charge is 0.164 e. The lowest BCUT2D eigenvalue weighted by atomic mass is 10.0. The molecule has 142 valence electrons. The number of rotatable bonds is 4. The lowest BCUT2D eigenvalue weighted by Crippen LogP contribution is -1.99. The third-order valence-electron chi connectivity index (χ3n) is 5.08. The monoisotopic (exact) mass is 381 g/mol. The van der Waals surface area contributed by atoms with Gasteiger partial charge in [0, 0.05) is 21.7 Å². The van der Waals surface area contributed by atoms with Gasteiger partial charge in [-0.2, -0.15) is 5.10 Å². The molecule has 0 fully saturated rings. The maximum atomic E-state index is 5.56. The van der Waals surface area contributed by atoms with Gasteiger partial charge in [-0.15, -0.1) is 0 Å². The van der Waals surface area contributed by atoms with Crippen molar-refractivity contribution in [2.75, 3.05) is 14.2 Å². The summed E-state index contributed by atoms with van der Waals surface area (Å²) in [7, 11) is 3.29. The molecule has 0 N–H and O–H groups in total. The molecule has 0 aliphatic rings. The standard InChI is InChI=1S/C24H19N3O2/c1-28-21-13-18-19(14-22(21)29-2)23(16-9-5-3-6-10-16)26-24-20(18)15-25-27(24)17-11-7-4-8-12-17/h3-15H,1-2H3. The zero-order valence-corrected chi connectivity index (χ0v) is 16.2. The number of aromatic nitrogens is 3. The Morgan fingerprint density at radius 2 is 1.34 bits per heavy atom. The largest absolute Gasteiger partial charge is 0.493 e. The zero-order chi connectivity index (χ0) is 19.8. The van der Waals surface area contributed by atoms with Gasteiger partial charge in [-0.1, -0.05) is 48.5 Å². The van der Waals surface area contributed by atoms with Crippen LogP contribution in [0, 0.1) is 0 Å². The van der Waals surface area contributed by atoms with E-state index in [4.69, 9.17) is 14.5 Å². The van der Waals surface area contributed by atoms with Crippen molar-refractivity contribution in [3.8, 4) is 28.4 Å². The molecule has 0 amide bonds. The highest BCUT2D eigenvalue weighted by Gasteiger charge is 2.18. The lowest BCUT2D eigenvalue weighted by Gasteiger charge is -2.13. The first-order valence-electron chi connectivity index (χ1n) is 9.34. The summed E-state index contributed by atoms with van der Waals surface area (Å²) in [6.45, 7) is 0. The van der Waals surface area contributed by atoms with Gasteiger partial charge >= 0.3 is 0 Å². The summed E-state index contributed by atoms with van der Waals surface area (Å²) in [4.78, 5) is 5.04. The molecule has 0 unspecified atom stereocenters. The highest BCUT2D eigenvalue weighted by atomic mass is 16.5. The van der Waals surface area contributed by atoms with Crippen LogP contribution in [-0.4, -0.2) is 29.0 Å². The van der Waals surface area contributed by atoms with E-state index < -0.39 is 0 Å². The van der Waals surface area contributed by atoms with Gasteiger partial charge in [0.2, 0.25) is 0 Å². The Morgan fingerprint density at radius 3 is 2.00 bits per heavy atom. The zero-order valence-electron chi connectivity index (χ0n) is 16.2. The Balaban J connectivity index is 1.91. The van der Waals surface area contributed by atoms with Crippen molar-refractivity contribution >= 4 is 21.8 Å². The van der Waals surface area contributed by atoms with Crippen LogP contribution >= 0.6 is 0 Å². The molecular weight excluding hydrogens is 362 g/mol. The first-order valence-corrected chi connectivity index (χ1v) is 9.34. The Labute approximate surface area is 168 Å². The highest BCUT2D eigenvalue weighted by Crippen LogP contribution is 2.39. The molecule has 0 bridgehead atoms. The molecule has 0 atom stereocenters. The number of benzene rings is 3. The number of methoxy groups -OCH3 is 2. The van der Waals surface area contributed by atoms with Crippen LogP contribution in [-0.2, 0) is 0 Å². The molecule has 29 heavy (non-hydrogen) atoms. The van der Waals surface area contributed by atoms with Crippen molar-refractivity contribution in [2.24, 2.45) is 0 Å². The van der Waals surface area contributed by atoms with Crippen molar-refractivity contribution in [3.63, 3.8) is 0 Å². The maximum Gasteiger partial charge on any atom is 0.164 e. The maximum absolute atomic E-state index is 5.56. The first-order chi connectivity index (χ1) is 14.3. The number of para-hydroxylation sites is 1. The van der Waals surface area contributed by atoms with Gasteiger partial charge in [0.25, 0.3) is 0 Å². The van der Waals surface area contributed by atoms with Crippen molar-refractivity contribution in [2.45, 2.75) is 0 Å². The highest BCUT2D eigenvalue weighted by molar-refractivity contribution is 6.11. The van der Waals surface area contributed by atoms with Crippen LogP contribution in [0.15, 0.2) is 79.0 Å². The lowest BCUT2D eigenvalue weighted by molar-refractivity contribution is 0.356. The topological polar surface area (TPSA) is 49.2 Å². The molecule has 0 radical (unpaired) electrons. The van der Waals surface area contributed by atoms with Crippen LogP contribution in [0.5, 0.6) is 11.5 Å². The van der Waals surface area contributed by atoms with Gasteiger partial charge in [0.05, 0.1) is 31.8 Å². The fourth-order valence-electron chi connectivity index (χ4n) is 3.68. The number of nitrogens with zero attached hydrogens (tertiary/aromatic N) is 3. The summed E-state index contributed by atoms with van der Waals surface area (Å²) in [5, 5.41) is 7.61. The molecule has 3 aromatic carbocycles. The van der Waals surface area contributed by atoms with Crippen molar-refractivity contribution in [1.29, 1.82) is 0 Å². The first kappa shape index (κ1) is 17.3. The number of ether oxygens (including phenoxy) is 2. The summed E-state index contributed by atoms with van der Waals surface area (Å²) in [5.74, 6) is 1.35. The molecule has 2 aromatic heterocycles. The van der Waals surface area contributed by atoms with E-state index in [2.05, 4.69) is 17.2 Å². The normalized spacial score (nSPS) is 11.1. The number of fused-ring (bicyclic) bond motifs is 3.